The maximum Gasteiger partial charge on any atom is 0.416 e. The predicted molar refractivity (Wildman–Crippen MR) is 48.1 cm³/mol. The third-order valence-electron chi connectivity index (χ3n) is 2.03. The molecule has 1 aromatic carbocycles. The zero-order chi connectivity index (χ0) is 11.5. The van der Waals surface area contributed by atoms with Crippen molar-refractivity contribution in [2.24, 2.45) is 0 Å². The van der Waals surface area contributed by atoms with Crippen LogP contribution in [-0.4, -0.2) is 16.8 Å². The largest absolute Gasteiger partial charge is 0.416 e. The van der Waals surface area contributed by atoms with E-state index >= 15 is 0 Å². The Kier molecular flexibility index (Phi) is 3.71. The molecule has 0 amide bonds. The van der Waals surface area contributed by atoms with Gasteiger partial charge in [-0.2, -0.15) is 13.2 Å². The van der Waals surface area contributed by atoms with E-state index in [1.165, 1.54) is 18.2 Å². The van der Waals surface area contributed by atoms with Crippen LogP contribution in [0.25, 0.3) is 0 Å². The Morgan fingerprint density at radius 1 is 1.20 bits per heavy atom. The highest BCUT2D eigenvalue weighted by Gasteiger charge is 2.34. The Balaban J connectivity index is 3.06. The molecule has 1 aromatic rings. The lowest BCUT2D eigenvalue weighted by molar-refractivity contribution is -0.139. The third-order valence-corrected chi connectivity index (χ3v) is 2.03. The molecule has 0 aliphatic carbocycles. The van der Waals surface area contributed by atoms with Gasteiger partial charge in [0, 0.05) is 13.0 Å². The summed E-state index contributed by atoms with van der Waals surface area (Å²) in [6.07, 6.45) is -5.87. The average Bonchev–Trinajstić information content (AvgIpc) is 2.17. The van der Waals surface area contributed by atoms with Crippen molar-refractivity contribution in [3.05, 3.63) is 35.4 Å². The molecule has 0 spiro atoms. The van der Waals surface area contributed by atoms with Crippen LogP contribution >= 0.6 is 0 Å². The summed E-state index contributed by atoms with van der Waals surface area (Å²) in [5, 5.41) is 18.0. The van der Waals surface area contributed by atoms with Crippen molar-refractivity contribution in [3.63, 3.8) is 0 Å². The molecule has 0 heterocycles. The van der Waals surface area contributed by atoms with Gasteiger partial charge in [-0.05, 0) is 11.6 Å². The van der Waals surface area contributed by atoms with Crippen molar-refractivity contribution >= 4 is 0 Å². The first-order valence-corrected chi connectivity index (χ1v) is 4.42. The van der Waals surface area contributed by atoms with Crippen LogP contribution in [0.5, 0.6) is 0 Å². The molecule has 15 heavy (non-hydrogen) atoms. The van der Waals surface area contributed by atoms with Gasteiger partial charge in [0.15, 0.2) is 0 Å². The van der Waals surface area contributed by atoms with Crippen LogP contribution in [0.3, 0.4) is 0 Å². The first-order valence-electron chi connectivity index (χ1n) is 4.42. The van der Waals surface area contributed by atoms with E-state index in [9.17, 15) is 18.3 Å². The predicted octanol–water partition coefficient (Wildman–Crippen LogP) is 2.12. The molecule has 0 aromatic heterocycles. The van der Waals surface area contributed by atoms with Crippen LogP contribution in [-0.2, 0) is 6.18 Å². The number of rotatable bonds is 3. The summed E-state index contributed by atoms with van der Waals surface area (Å²) >= 11 is 0. The van der Waals surface area contributed by atoms with Gasteiger partial charge in [-0.1, -0.05) is 18.2 Å². The van der Waals surface area contributed by atoms with Gasteiger partial charge in [-0.25, -0.2) is 0 Å². The average molecular weight is 220 g/mol. The number of halogens is 3. The summed E-state index contributed by atoms with van der Waals surface area (Å²) in [5.74, 6) is 0. The second-order valence-electron chi connectivity index (χ2n) is 3.11. The minimum Gasteiger partial charge on any atom is -0.396 e. The fourth-order valence-electron chi connectivity index (χ4n) is 1.32. The molecule has 1 rings (SSSR count). The highest BCUT2D eigenvalue weighted by atomic mass is 19.4. The minimum absolute atomic E-state index is 0.104. The first kappa shape index (κ1) is 12.0. The van der Waals surface area contributed by atoms with Gasteiger partial charge >= 0.3 is 6.18 Å². The minimum atomic E-state index is -4.48. The number of aliphatic hydroxyl groups is 2. The first-order chi connectivity index (χ1) is 6.96. The summed E-state index contributed by atoms with van der Waals surface area (Å²) in [5.41, 5.74) is -1.05. The molecule has 2 nitrogen and oxygen atoms in total. The van der Waals surface area contributed by atoms with E-state index in [-0.39, 0.29) is 18.6 Å². The van der Waals surface area contributed by atoms with E-state index in [1.807, 2.05) is 0 Å². The molecule has 84 valence electrons. The molecule has 0 radical (unpaired) electrons. The molecular weight excluding hydrogens is 209 g/mol. The summed E-state index contributed by atoms with van der Waals surface area (Å²) < 4.78 is 37.4. The normalized spacial score (nSPS) is 13.9. The zero-order valence-electron chi connectivity index (χ0n) is 7.83. The van der Waals surface area contributed by atoms with E-state index in [0.717, 1.165) is 6.07 Å². The maximum absolute atomic E-state index is 12.5. The summed E-state index contributed by atoms with van der Waals surface area (Å²) in [4.78, 5) is 0. The fraction of sp³-hybridized carbons (Fsp3) is 0.400. The molecular formula is C10H11F3O2. The number of hydrogen-bond donors (Lipinski definition) is 2. The smallest absolute Gasteiger partial charge is 0.396 e. The van der Waals surface area contributed by atoms with Crippen LogP contribution in [0.1, 0.15) is 23.7 Å². The molecule has 1 unspecified atom stereocenters. The van der Waals surface area contributed by atoms with Crippen LogP contribution in [0, 0.1) is 0 Å². The lowest BCUT2D eigenvalue weighted by Gasteiger charge is -2.16. The molecule has 0 fully saturated rings. The van der Waals surface area contributed by atoms with Crippen molar-refractivity contribution in [1.29, 1.82) is 0 Å². The topological polar surface area (TPSA) is 40.5 Å². The van der Waals surface area contributed by atoms with Crippen molar-refractivity contribution in [2.45, 2.75) is 18.7 Å². The van der Waals surface area contributed by atoms with Gasteiger partial charge in [0.25, 0.3) is 0 Å². The third kappa shape index (κ3) is 2.94. The highest BCUT2D eigenvalue weighted by molar-refractivity contribution is 5.31. The highest BCUT2D eigenvalue weighted by Crippen LogP contribution is 2.35. The SMILES string of the molecule is OCCC(O)c1ccccc1C(F)(F)F. The second kappa shape index (κ2) is 4.63. The van der Waals surface area contributed by atoms with Crippen LogP contribution < -0.4 is 0 Å². The zero-order valence-corrected chi connectivity index (χ0v) is 7.83. The quantitative estimate of drug-likeness (QED) is 0.819. The molecule has 0 saturated carbocycles. The molecule has 5 heteroatoms. The van der Waals surface area contributed by atoms with Crippen LogP contribution in [0.2, 0.25) is 0 Å². The van der Waals surface area contributed by atoms with Gasteiger partial charge in [0.05, 0.1) is 11.7 Å². The Morgan fingerprint density at radius 3 is 2.33 bits per heavy atom. The fourth-order valence-corrected chi connectivity index (χ4v) is 1.32. The van der Waals surface area contributed by atoms with Gasteiger partial charge in [0.1, 0.15) is 0 Å². The lowest BCUT2D eigenvalue weighted by Crippen LogP contribution is -2.12. The van der Waals surface area contributed by atoms with Gasteiger partial charge < -0.3 is 10.2 Å². The van der Waals surface area contributed by atoms with Gasteiger partial charge in [-0.15, -0.1) is 0 Å². The molecule has 0 bridgehead atoms. The van der Waals surface area contributed by atoms with Crippen molar-refractivity contribution in [2.75, 3.05) is 6.61 Å². The van der Waals surface area contributed by atoms with Crippen molar-refractivity contribution in [1.82, 2.24) is 0 Å². The summed E-state index contributed by atoms with van der Waals surface area (Å²) in [6.45, 7) is -0.354. The summed E-state index contributed by atoms with van der Waals surface area (Å²) in [7, 11) is 0. The van der Waals surface area contributed by atoms with Crippen molar-refractivity contribution in [3.8, 4) is 0 Å². The van der Waals surface area contributed by atoms with Crippen molar-refractivity contribution < 1.29 is 23.4 Å². The number of alkyl halides is 3. The Hall–Kier alpha value is -1.07. The van der Waals surface area contributed by atoms with Crippen LogP contribution in [0.4, 0.5) is 13.2 Å². The molecule has 0 saturated heterocycles. The van der Waals surface area contributed by atoms with E-state index < -0.39 is 17.8 Å². The standard InChI is InChI=1S/C10H11F3O2/c11-10(12,13)8-4-2-1-3-7(8)9(15)5-6-14/h1-4,9,14-15H,5-6H2. The van der Waals surface area contributed by atoms with E-state index in [4.69, 9.17) is 5.11 Å². The van der Waals surface area contributed by atoms with Gasteiger partial charge in [0.2, 0.25) is 0 Å². The van der Waals surface area contributed by atoms with Crippen LogP contribution in [0.15, 0.2) is 24.3 Å². The van der Waals surface area contributed by atoms with Gasteiger partial charge in [-0.3, -0.25) is 0 Å². The van der Waals surface area contributed by atoms with E-state index in [0.29, 0.717) is 0 Å². The molecule has 2 N–H and O–H groups in total. The Labute approximate surface area is 85.0 Å². The van der Waals surface area contributed by atoms with E-state index in [1.54, 1.807) is 0 Å². The maximum atomic E-state index is 12.5. The molecule has 0 aliphatic rings. The lowest BCUT2D eigenvalue weighted by atomic mass is 10.0. The molecule has 0 aliphatic heterocycles. The summed E-state index contributed by atoms with van der Waals surface area (Å²) in [6, 6.07) is 4.81. The second-order valence-corrected chi connectivity index (χ2v) is 3.11. The monoisotopic (exact) mass is 220 g/mol. The Bertz CT molecular complexity index is 323. The van der Waals surface area contributed by atoms with E-state index in [2.05, 4.69) is 0 Å². The molecule has 1 atom stereocenters. The number of hydrogen-bond acceptors (Lipinski definition) is 2. The Morgan fingerprint density at radius 2 is 1.80 bits per heavy atom. The number of aliphatic hydroxyl groups excluding tert-OH is 2. The number of benzene rings is 1.